The van der Waals surface area contributed by atoms with Crippen LogP contribution in [0, 0.1) is 5.82 Å². The standard InChI is InChI=1S/C12H12FN3O2S2/c1-14-11-15-16-12(20-11)19-5-8-3-9(13)2-7-4-17-6-18-10(7)8/h2-3H,4-6H2,1H3,(H,14,15). The maximum atomic E-state index is 13.6. The Morgan fingerprint density at radius 3 is 3.15 bits per heavy atom. The van der Waals surface area contributed by atoms with Crippen molar-refractivity contribution in [2.45, 2.75) is 16.7 Å². The Bertz CT molecular complexity index is 621. The monoisotopic (exact) mass is 313 g/mol. The minimum absolute atomic E-state index is 0.207. The quantitative estimate of drug-likeness (QED) is 0.876. The van der Waals surface area contributed by atoms with Gasteiger partial charge in [-0.2, -0.15) is 0 Å². The lowest BCUT2D eigenvalue weighted by molar-refractivity contribution is -0.0171. The summed E-state index contributed by atoms with van der Waals surface area (Å²) in [5.74, 6) is 1.03. The molecule has 1 aromatic carbocycles. The molecule has 0 saturated heterocycles. The highest BCUT2D eigenvalue weighted by molar-refractivity contribution is 8.00. The first kappa shape index (κ1) is 13.6. The van der Waals surface area contributed by atoms with Gasteiger partial charge in [0.15, 0.2) is 11.1 Å². The molecule has 0 aliphatic carbocycles. The van der Waals surface area contributed by atoms with Gasteiger partial charge in [-0.25, -0.2) is 4.39 Å². The molecular formula is C12H12FN3O2S2. The molecule has 2 aromatic rings. The zero-order chi connectivity index (χ0) is 13.9. The normalized spacial score (nSPS) is 13.7. The van der Waals surface area contributed by atoms with Crippen LogP contribution in [0.4, 0.5) is 9.52 Å². The number of aromatic nitrogens is 2. The van der Waals surface area contributed by atoms with Gasteiger partial charge in [0.05, 0.1) is 6.61 Å². The number of hydrogen-bond acceptors (Lipinski definition) is 7. The first-order valence-electron chi connectivity index (χ1n) is 5.92. The van der Waals surface area contributed by atoms with Crippen LogP contribution in [0.3, 0.4) is 0 Å². The van der Waals surface area contributed by atoms with E-state index in [2.05, 4.69) is 15.5 Å². The third-order valence-corrected chi connectivity index (χ3v) is 4.85. The van der Waals surface area contributed by atoms with Crippen molar-refractivity contribution in [2.24, 2.45) is 0 Å². The maximum Gasteiger partial charge on any atom is 0.206 e. The number of rotatable bonds is 4. The van der Waals surface area contributed by atoms with Crippen LogP contribution in [0.25, 0.3) is 0 Å². The average Bonchev–Trinajstić information content (AvgIpc) is 2.92. The van der Waals surface area contributed by atoms with Crippen molar-refractivity contribution in [3.63, 3.8) is 0 Å². The van der Waals surface area contributed by atoms with Crippen LogP contribution in [0.2, 0.25) is 0 Å². The Morgan fingerprint density at radius 2 is 2.35 bits per heavy atom. The summed E-state index contributed by atoms with van der Waals surface area (Å²) in [6.45, 7) is 0.590. The summed E-state index contributed by atoms with van der Waals surface area (Å²) in [5.41, 5.74) is 1.56. The fourth-order valence-electron chi connectivity index (χ4n) is 1.87. The largest absolute Gasteiger partial charge is 0.467 e. The van der Waals surface area contributed by atoms with E-state index in [9.17, 15) is 4.39 Å². The van der Waals surface area contributed by atoms with E-state index in [1.807, 2.05) is 0 Å². The number of nitrogens with zero attached hydrogens (tertiary/aromatic N) is 2. The van der Waals surface area contributed by atoms with E-state index in [1.165, 1.54) is 35.2 Å². The lowest BCUT2D eigenvalue weighted by atomic mass is 10.1. The third-order valence-electron chi connectivity index (χ3n) is 2.72. The highest BCUT2D eigenvalue weighted by Crippen LogP contribution is 2.35. The van der Waals surface area contributed by atoms with Gasteiger partial charge in [0.2, 0.25) is 5.13 Å². The Morgan fingerprint density at radius 1 is 1.45 bits per heavy atom. The topological polar surface area (TPSA) is 56.3 Å². The number of anilines is 1. The second-order valence-corrected chi connectivity index (χ2v) is 6.28. The summed E-state index contributed by atoms with van der Waals surface area (Å²) in [7, 11) is 1.80. The summed E-state index contributed by atoms with van der Waals surface area (Å²) in [4.78, 5) is 0. The van der Waals surface area contributed by atoms with Gasteiger partial charge in [0.25, 0.3) is 0 Å². The molecule has 0 bridgehead atoms. The molecule has 20 heavy (non-hydrogen) atoms. The van der Waals surface area contributed by atoms with Crippen molar-refractivity contribution in [1.29, 1.82) is 0 Å². The van der Waals surface area contributed by atoms with Crippen LogP contribution in [0.15, 0.2) is 16.5 Å². The summed E-state index contributed by atoms with van der Waals surface area (Å²) >= 11 is 2.97. The zero-order valence-corrected chi connectivity index (χ0v) is 12.3. The molecule has 3 rings (SSSR count). The van der Waals surface area contributed by atoms with E-state index < -0.39 is 0 Å². The van der Waals surface area contributed by atoms with E-state index in [0.717, 1.165) is 26.3 Å². The van der Waals surface area contributed by atoms with Crippen molar-refractivity contribution in [3.05, 3.63) is 29.1 Å². The van der Waals surface area contributed by atoms with Crippen LogP contribution in [0.1, 0.15) is 11.1 Å². The number of benzene rings is 1. The lowest BCUT2D eigenvalue weighted by Gasteiger charge is -2.20. The minimum Gasteiger partial charge on any atom is -0.467 e. The number of fused-ring (bicyclic) bond motifs is 1. The van der Waals surface area contributed by atoms with Gasteiger partial charge in [-0.15, -0.1) is 10.2 Å². The molecule has 0 radical (unpaired) electrons. The fraction of sp³-hybridized carbons (Fsp3) is 0.333. The summed E-state index contributed by atoms with van der Waals surface area (Å²) in [6, 6.07) is 2.95. The average molecular weight is 313 g/mol. The molecule has 0 fully saturated rings. The molecule has 8 heteroatoms. The Hall–Kier alpha value is -1.38. The third kappa shape index (κ3) is 2.87. The summed E-state index contributed by atoms with van der Waals surface area (Å²) in [6.07, 6.45) is 0. The number of hydrogen-bond donors (Lipinski definition) is 1. The van der Waals surface area contributed by atoms with E-state index in [0.29, 0.717) is 12.4 Å². The molecule has 1 N–H and O–H groups in total. The molecule has 1 aliphatic heterocycles. The second-order valence-electron chi connectivity index (χ2n) is 4.08. The van der Waals surface area contributed by atoms with Crippen LogP contribution in [0.5, 0.6) is 5.75 Å². The van der Waals surface area contributed by atoms with Crippen LogP contribution in [-0.2, 0) is 17.1 Å². The molecule has 5 nitrogen and oxygen atoms in total. The number of thioether (sulfide) groups is 1. The lowest BCUT2D eigenvalue weighted by Crippen LogP contribution is -2.13. The van der Waals surface area contributed by atoms with E-state index in [1.54, 1.807) is 7.05 Å². The van der Waals surface area contributed by atoms with Gasteiger partial charge in [-0.1, -0.05) is 23.1 Å². The predicted molar refractivity (Wildman–Crippen MR) is 75.7 cm³/mol. The van der Waals surface area contributed by atoms with Crippen LogP contribution >= 0.6 is 23.1 Å². The Kier molecular flexibility index (Phi) is 4.04. The van der Waals surface area contributed by atoms with Crippen molar-refractivity contribution in [3.8, 4) is 5.75 Å². The molecule has 0 spiro atoms. The molecule has 2 heterocycles. The Labute approximate surface area is 123 Å². The maximum absolute atomic E-state index is 13.6. The van der Waals surface area contributed by atoms with Gasteiger partial charge < -0.3 is 14.8 Å². The first-order chi connectivity index (χ1) is 9.76. The van der Waals surface area contributed by atoms with Crippen molar-refractivity contribution >= 4 is 28.2 Å². The van der Waals surface area contributed by atoms with Crippen LogP contribution < -0.4 is 10.1 Å². The predicted octanol–water partition coefficient (Wildman–Crippen LogP) is 2.88. The molecule has 1 aromatic heterocycles. The van der Waals surface area contributed by atoms with E-state index in [4.69, 9.17) is 9.47 Å². The molecular weight excluding hydrogens is 301 g/mol. The fourth-order valence-corrected chi connectivity index (χ4v) is 3.54. The van der Waals surface area contributed by atoms with Crippen molar-refractivity contribution in [2.75, 3.05) is 19.2 Å². The van der Waals surface area contributed by atoms with E-state index in [-0.39, 0.29) is 12.6 Å². The molecule has 0 amide bonds. The minimum atomic E-state index is -0.276. The molecule has 0 saturated carbocycles. The molecule has 0 unspecified atom stereocenters. The SMILES string of the molecule is CNc1nnc(SCc2cc(F)cc3c2OCOC3)s1. The molecule has 0 atom stereocenters. The number of ether oxygens (including phenoxy) is 2. The zero-order valence-electron chi connectivity index (χ0n) is 10.7. The highest BCUT2D eigenvalue weighted by atomic mass is 32.2. The van der Waals surface area contributed by atoms with Crippen molar-refractivity contribution < 1.29 is 13.9 Å². The smallest absolute Gasteiger partial charge is 0.206 e. The van der Waals surface area contributed by atoms with Gasteiger partial charge >= 0.3 is 0 Å². The summed E-state index contributed by atoms with van der Waals surface area (Å²) in [5, 5.41) is 11.7. The second kappa shape index (κ2) is 5.94. The number of halogens is 1. The molecule has 1 aliphatic rings. The van der Waals surface area contributed by atoms with Crippen LogP contribution in [-0.4, -0.2) is 24.0 Å². The first-order valence-corrected chi connectivity index (χ1v) is 7.72. The number of nitrogens with one attached hydrogen (secondary N) is 1. The van der Waals surface area contributed by atoms with Crippen molar-refractivity contribution in [1.82, 2.24) is 10.2 Å². The Balaban J connectivity index is 1.78. The summed E-state index contributed by atoms with van der Waals surface area (Å²) < 4.78 is 25.1. The van der Waals surface area contributed by atoms with Gasteiger partial charge in [-0.05, 0) is 12.1 Å². The van der Waals surface area contributed by atoms with Gasteiger partial charge in [-0.3, -0.25) is 0 Å². The highest BCUT2D eigenvalue weighted by Gasteiger charge is 2.17. The van der Waals surface area contributed by atoms with Gasteiger partial charge in [0.1, 0.15) is 11.6 Å². The van der Waals surface area contributed by atoms with Gasteiger partial charge in [0, 0.05) is 23.9 Å². The van der Waals surface area contributed by atoms with E-state index >= 15 is 0 Å². The molecule has 106 valence electrons.